The minimum Gasteiger partial charge on any atom is -0.351 e. The predicted molar refractivity (Wildman–Crippen MR) is 30.5 cm³/mol. The van der Waals surface area contributed by atoms with Gasteiger partial charge in [0.25, 0.3) is 12.5 Å². The third kappa shape index (κ3) is 4.73. The first-order valence-electron chi connectivity index (χ1n) is 2.55. The maximum atomic E-state index is 10.3. The zero-order valence-corrected chi connectivity index (χ0v) is 5.09. The minimum atomic E-state index is -0.662. The van der Waals surface area contributed by atoms with Gasteiger partial charge in [-0.05, 0) is 6.92 Å². The molecule has 0 heterocycles. The molecule has 9 heavy (non-hydrogen) atoms. The van der Waals surface area contributed by atoms with Crippen molar-refractivity contribution in [3.05, 3.63) is 10.1 Å². The third-order valence-electron chi connectivity index (χ3n) is 0.647. The van der Waals surface area contributed by atoms with Crippen LogP contribution in [0, 0.1) is 10.1 Å². The Balaban J connectivity index is 3.39. The van der Waals surface area contributed by atoms with Crippen LogP contribution in [0.15, 0.2) is 0 Å². The van der Waals surface area contributed by atoms with Crippen LogP contribution in [0.3, 0.4) is 0 Å². The Kier molecular flexibility index (Phi) is 3.34. The van der Waals surface area contributed by atoms with Gasteiger partial charge in [-0.3, -0.25) is 14.9 Å². The molecular formula is C4H8N2O3. The summed E-state index contributed by atoms with van der Waals surface area (Å²) in [6, 6.07) is 0. The summed E-state index contributed by atoms with van der Waals surface area (Å²) in [6.07, 6.45) is 0. The highest BCUT2D eigenvalue weighted by Gasteiger charge is 2.05. The molecule has 1 N–H and O–H groups in total. The molecule has 0 bridgehead atoms. The van der Waals surface area contributed by atoms with Crippen LogP contribution in [0.1, 0.15) is 6.92 Å². The van der Waals surface area contributed by atoms with Crippen molar-refractivity contribution in [1.82, 2.24) is 5.32 Å². The highest BCUT2D eigenvalue weighted by molar-refractivity contribution is 5.76. The monoisotopic (exact) mass is 132 g/mol. The summed E-state index contributed by atoms with van der Waals surface area (Å²) >= 11 is 0. The van der Waals surface area contributed by atoms with E-state index in [1.54, 1.807) is 6.92 Å². The summed E-state index contributed by atoms with van der Waals surface area (Å²) in [7, 11) is 0. The van der Waals surface area contributed by atoms with Crippen LogP contribution in [-0.4, -0.2) is 23.9 Å². The molecule has 0 spiro atoms. The second-order valence-corrected chi connectivity index (χ2v) is 1.44. The second kappa shape index (κ2) is 3.82. The standard InChI is InChI=1S/C4H8N2O3/c1-2-5-4(7)3-6(8)9/h2-3H2,1H3,(H,5,7). The van der Waals surface area contributed by atoms with Crippen LogP contribution in [0.2, 0.25) is 0 Å². The summed E-state index contributed by atoms with van der Waals surface area (Å²) in [4.78, 5) is 19.3. The number of likely N-dealkylation sites (N-methyl/N-ethyl adjacent to an activating group) is 1. The molecule has 0 radical (unpaired) electrons. The van der Waals surface area contributed by atoms with E-state index in [4.69, 9.17) is 0 Å². The fraction of sp³-hybridized carbons (Fsp3) is 0.750. The Morgan fingerprint density at radius 2 is 2.33 bits per heavy atom. The molecule has 0 rings (SSSR count). The number of nitrogens with one attached hydrogen (secondary N) is 1. The lowest BCUT2D eigenvalue weighted by Gasteiger charge is -1.93. The third-order valence-corrected chi connectivity index (χ3v) is 0.647. The molecule has 52 valence electrons. The lowest BCUT2D eigenvalue weighted by Crippen LogP contribution is -2.29. The van der Waals surface area contributed by atoms with Crippen LogP contribution in [0.4, 0.5) is 0 Å². The molecular weight excluding hydrogens is 124 g/mol. The van der Waals surface area contributed by atoms with Crippen molar-refractivity contribution in [3.63, 3.8) is 0 Å². The fourth-order valence-electron chi connectivity index (χ4n) is 0.370. The minimum absolute atomic E-state index is 0.437. The van der Waals surface area contributed by atoms with E-state index in [-0.39, 0.29) is 0 Å². The second-order valence-electron chi connectivity index (χ2n) is 1.44. The number of carbonyl (C=O) groups is 1. The van der Waals surface area contributed by atoms with E-state index in [1.165, 1.54) is 0 Å². The molecule has 0 aromatic rings. The highest BCUT2D eigenvalue weighted by atomic mass is 16.6. The molecule has 0 aliphatic carbocycles. The molecule has 0 aliphatic rings. The first kappa shape index (κ1) is 7.87. The highest BCUT2D eigenvalue weighted by Crippen LogP contribution is 1.68. The summed E-state index contributed by atoms with van der Waals surface area (Å²) in [5, 5.41) is 11.9. The quantitative estimate of drug-likeness (QED) is 0.411. The van der Waals surface area contributed by atoms with E-state index in [2.05, 4.69) is 5.32 Å². The van der Waals surface area contributed by atoms with Gasteiger partial charge in [0.05, 0.1) is 0 Å². The number of hydrogen-bond donors (Lipinski definition) is 1. The first-order chi connectivity index (χ1) is 4.16. The number of amides is 1. The van der Waals surface area contributed by atoms with Crippen molar-refractivity contribution < 1.29 is 9.72 Å². The summed E-state index contributed by atoms with van der Waals surface area (Å²) in [5.41, 5.74) is 0. The van der Waals surface area contributed by atoms with Crippen LogP contribution in [-0.2, 0) is 4.79 Å². The molecule has 0 fully saturated rings. The van der Waals surface area contributed by atoms with Crippen molar-refractivity contribution >= 4 is 5.91 Å². The largest absolute Gasteiger partial charge is 0.351 e. The summed E-state index contributed by atoms with van der Waals surface area (Å²) < 4.78 is 0. The molecule has 1 amide bonds. The van der Waals surface area contributed by atoms with Gasteiger partial charge < -0.3 is 5.32 Å². The Labute approximate surface area is 52.2 Å². The van der Waals surface area contributed by atoms with Gasteiger partial charge in [0.15, 0.2) is 0 Å². The molecule has 5 nitrogen and oxygen atoms in total. The van der Waals surface area contributed by atoms with Crippen LogP contribution in [0.5, 0.6) is 0 Å². The first-order valence-corrected chi connectivity index (χ1v) is 2.55. The van der Waals surface area contributed by atoms with E-state index >= 15 is 0 Å². The van der Waals surface area contributed by atoms with Crippen molar-refractivity contribution in [2.45, 2.75) is 6.92 Å². The van der Waals surface area contributed by atoms with E-state index in [0.29, 0.717) is 6.54 Å². The van der Waals surface area contributed by atoms with Crippen molar-refractivity contribution in [2.24, 2.45) is 0 Å². The van der Waals surface area contributed by atoms with Gasteiger partial charge in [0.2, 0.25) is 0 Å². The molecule has 0 unspecified atom stereocenters. The van der Waals surface area contributed by atoms with Crippen molar-refractivity contribution in [3.8, 4) is 0 Å². The molecule has 0 aromatic heterocycles. The van der Waals surface area contributed by atoms with Gasteiger partial charge in [-0.15, -0.1) is 0 Å². The van der Waals surface area contributed by atoms with Gasteiger partial charge >= 0.3 is 0 Å². The van der Waals surface area contributed by atoms with E-state index in [0.717, 1.165) is 0 Å². The van der Waals surface area contributed by atoms with Crippen molar-refractivity contribution in [2.75, 3.05) is 13.1 Å². The topological polar surface area (TPSA) is 72.2 Å². The average molecular weight is 132 g/mol. The Morgan fingerprint density at radius 3 is 2.67 bits per heavy atom. The van der Waals surface area contributed by atoms with E-state index < -0.39 is 17.4 Å². The number of nitrogens with zero attached hydrogens (tertiary/aromatic N) is 1. The Hall–Kier alpha value is -1.13. The number of nitro groups is 1. The number of carbonyl (C=O) groups excluding carboxylic acids is 1. The maximum Gasteiger partial charge on any atom is 0.291 e. The maximum absolute atomic E-state index is 10.3. The lowest BCUT2D eigenvalue weighted by molar-refractivity contribution is -0.467. The molecule has 5 heteroatoms. The van der Waals surface area contributed by atoms with Crippen molar-refractivity contribution in [1.29, 1.82) is 0 Å². The van der Waals surface area contributed by atoms with Gasteiger partial charge in [0.1, 0.15) is 0 Å². The number of hydrogen-bond acceptors (Lipinski definition) is 3. The summed E-state index contributed by atoms with van der Waals surface area (Å²) in [5.74, 6) is -0.539. The molecule has 0 aliphatic heterocycles. The van der Waals surface area contributed by atoms with Gasteiger partial charge in [0, 0.05) is 11.5 Å². The summed E-state index contributed by atoms with van der Waals surface area (Å²) in [6.45, 7) is 1.51. The van der Waals surface area contributed by atoms with Gasteiger partial charge in [-0.1, -0.05) is 0 Å². The zero-order chi connectivity index (χ0) is 7.28. The number of rotatable bonds is 3. The average Bonchev–Trinajstić information content (AvgIpc) is 1.63. The lowest BCUT2D eigenvalue weighted by atomic mass is 10.6. The normalized spacial score (nSPS) is 8.56. The molecule has 0 aromatic carbocycles. The molecule has 0 saturated carbocycles. The molecule has 0 atom stereocenters. The zero-order valence-electron chi connectivity index (χ0n) is 5.09. The van der Waals surface area contributed by atoms with Crippen LogP contribution in [0.25, 0.3) is 0 Å². The Bertz CT molecular complexity index is 123. The molecule has 0 saturated heterocycles. The van der Waals surface area contributed by atoms with Crippen LogP contribution < -0.4 is 5.32 Å². The smallest absolute Gasteiger partial charge is 0.291 e. The predicted octanol–water partition coefficient (Wildman–Crippen LogP) is -0.601. The van der Waals surface area contributed by atoms with E-state index in [9.17, 15) is 14.9 Å². The fourth-order valence-corrected chi connectivity index (χ4v) is 0.370. The van der Waals surface area contributed by atoms with Crippen LogP contribution >= 0.6 is 0 Å². The SMILES string of the molecule is CCNC(=O)C[N+](=O)[O-]. The van der Waals surface area contributed by atoms with Gasteiger partial charge in [-0.25, -0.2) is 0 Å². The van der Waals surface area contributed by atoms with E-state index in [1.807, 2.05) is 0 Å². The van der Waals surface area contributed by atoms with Gasteiger partial charge in [-0.2, -0.15) is 0 Å². The Morgan fingerprint density at radius 1 is 1.78 bits per heavy atom.